The third-order valence-electron chi connectivity index (χ3n) is 3.05. The molecule has 0 unspecified atom stereocenters. The Morgan fingerprint density at radius 2 is 2.04 bits per heavy atom. The summed E-state index contributed by atoms with van der Waals surface area (Å²) in [6.07, 6.45) is 1.55. The minimum absolute atomic E-state index is 0.0923. The van der Waals surface area contributed by atoms with Gasteiger partial charge in [0.15, 0.2) is 6.61 Å². The van der Waals surface area contributed by atoms with Crippen molar-refractivity contribution in [2.24, 2.45) is 0 Å². The monoisotopic (exact) mass is 360 g/mol. The van der Waals surface area contributed by atoms with Crippen molar-refractivity contribution < 1.29 is 17.9 Å². The molecule has 0 bridgehead atoms. The van der Waals surface area contributed by atoms with Gasteiger partial charge in [0.1, 0.15) is 5.75 Å². The predicted octanol–water partition coefficient (Wildman–Crippen LogP) is 2.05. The highest BCUT2D eigenvalue weighted by Gasteiger charge is 2.22. The van der Waals surface area contributed by atoms with E-state index in [2.05, 4.69) is 11.9 Å². The highest BCUT2D eigenvalue weighted by molar-refractivity contribution is 7.89. The van der Waals surface area contributed by atoms with Gasteiger partial charge in [-0.3, -0.25) is 4.79 Å². The number of ether oxygens (including phenoxy) is 1. The van der Waals surface area contributed by atoms with E-state index in [9.17, 15) is 13.2 Å². The lowest BCUT2D eigenvalue weighted by molar-refractivity contribution is -0.122. The van der Waals surface area contributed by atoms with Gasteiger partial charge in [0.05, 0.1) is 9.92 Å². The lowest BCUT2D eigenvalue weighted by Gasteiger charge is -2.19. The first-order chi connectivity index (χ1) is 10.9. The fourth-order valence-electron chi connectivity index (χ4n) is 1.85. The summed E-state index contributed by atoms with van der Waals surface area (Å²) in [5, 5.41) is 2.69. The van der Waals surface area contributed by atoms with E-state index in [4.69, 9.17) is 16.3 Å². The van der Waals surface area contributed by atoms with Crippen LogP contribution < -0.4 is 10.1 Å². The molecule has 1 aromatic carbocycles. The average Bonchev–Trinajstić information content (AvgIpc) is 2.52. The molecule has 1 rings (SSSR count). The van der Waals surface area contributed by atoms with Gasteiger partial charge < -0.3 is 10.1 Å². The van der Waals surface area contributed by atoms with E-state index in [1.165, 1.54) is 22.5 Å². The van der Waals surface area contributed by atoms with Crippen molar-refractivity contribution in [1.82, 2.24) is 9.62 Å². The number of hydrogen-bond donors (Lipinski definition) is 1. The van der Waals surface area contributed by atoms with Crippen LogP contribution in [-0.4, -0.2) is 44.9 Å². The molecule has 0 radical (unpaired) electrons. The molecule has 0 fully saturated rings. The zero-order chi connectivity index (χ0) is 17.5. The summed E-state index contributed by atoms with van der Waals surface area (Å²) in [6.45, 7) is 7.90. The molecule has 0 aliphatic heterocycles. The minimum Gasteiger partial charge on any atom is -0.482 e. The maximum absolute atomic E-state index is 12.4. The van der Waals surface area contributed by atoms with E-state index in [-0.39, 0.29) is 28.2 Å². The summed E-state index contributed by atoms with van der Waals surface area (Å²) in [4.78, 5) is 11.5. The highest BCUT2D eigenvalue weighted by Crippen LogP contribution is 2.28. The molecule has 0 aliphatic rings. The topological polar surface area (TPSA) is 75.7 Å². The first-order valence-electron chi connectivity index (χ1n) is 7.16. The Balaban J connectivity index is 2.86. The molecular weight excluding hydrogens is 340 g/mol. The minimum atomic E-state index is -3.58. The van der Waals surface area contributed by atoms with Crippen LogP contribution in [0.3, 0.4) is 0 Å². The van der Waals surface area contributed by atoms with Crippen molar-refractivity contribution in [3.8, 4) is 5.75 Å². The predicted molar refractivity (Wildman–Crippen MR) is 90.3 cm³/mol. The molecule has 23 heavy (non-hydrogen) atoms. The first kappa shape index (κ1) is 19.5. The Morgan fingerprint density at radius 1 is 1.39 bits per heavy atom. The van der Waals surface area contributed by atoms with E-state index in [1.54, 1.807) is 19.9 Å². The third-order valence-corrected chi connectivity index (χ3v) is 5.39. The molecule has 0 aliphatic carbocycles. The number of carbonyl (C=O) groups is 1. The van der Waals surface area contributed by atoms with Crippen molar-refractivity contribution >= 4 is 27.5 Å². The van der Waals surface area contributed by atoms with Crippen LogP contribution in [0.25, 0.3) is 0 Å². The van der Waals surface area contributed by atoms with Gasteiger partial charge in [0.2, 0.25) is 10.0 Å². The van der Waals surface area contributed by atoms with Crippen LogP contribution in [0.15, 0.2) is 35.7 Å². The summed E-state index contributed by atoms with van der Waals surface area (Å²) in [7, 11) is -3.58. The molecule has 1 amide bonds. The summed E-state index contributed by atoms with van der Waals surface area (Å²) >= 11 is 6.06. The van der Waals surface area contributed by atoms with Gasteiger partial charge in [-0.25, -0.2) is 8.42 Å². The second-order valence-electron chi connectivity index (χ2n) is 4.56. The van der Waals surface area contributed by atoms with Crippen LogP contribution in [0.4, 0.5) is 0 Å². The highest BCUT2D eigenvalue weighted by atomic mass is 35.5. The standard InChI is InChI=1S/C15H21ClN2O4S/c1-4-9-17-15(19)11-22-14-8-7-12(10-13(14)16)23(20,21)18(5-2)6-3/h4,7-8,10H,1,5-6,9,11H2,2-3H3,(H,17,19). The second-order valence-corrected chi connectivity index (χ2v) is 6.91. The van der Waals surface area contributed by atoms with Crippen molar-refractivity contribution in [1.29, 1.82) is 0 Å². The second kappa shape index (κ2) is 8.90. The van der Waals surface area contributed by atoms with Crippen molar-refractivity contribution in [2.75, 3.05) is 26.2 Å². The van der Waals surface area contributed by atoms with E-state index in [1.807, 2.05) is 0 Å². The number of amides is 1. The van der Waals surface area contributed by atoms with Gasteiger partial charge >= 0.3 is 0 Å². The van der Waals surface area contributed by atoms with Crippen LogP contribution in [0.1, 0.15) is 13.8 Å². The Morgan fingerprint density at radius 3 is 2.57 bits per heavy atom. The quantitative estimate of drug-likeness (QED) is 0.684. The number of nitrogens with zero attached hydrogens (tertiary/aromatic N) is 1. The Bertz CT molecular complexity index is 657. The average molecular weight is 361 g/mol. The number of halogens is 1. The molecule has 1 N–H and O–H groups in total. The van der Waals surface area contributed by atoms with Crippen molar-refractivity contribution in [3.05, 3.63) is 35.9 Å². The molecule has 0 saturated heterocycles. The maximum Gasteiger partial charge on any atom is 0.258 e. The molecule has 1 aromatic rings. The summed E-state index contributed by atoms with van der Waals surface area (Å²) in [5.74, 6) is -0.0697. The third kappa shape index (κ3) is 5.23. The van der Waals surface area contributed by atoms with Gasteiger partial charge in [-0.1, -0.05) is 31.5 Å². The molecule has 128 valence electrons. The molecule has 0 aromatic heterocycles. The molecule has 0 atom stereocenters. The number of sulfonamides is 1. The summed E-state index contributed by atoms with van der Waals surface area (Å²) < 4.78 is 31.4. The van der Waals surface area contributed by atoms with Crippen LogP contribution in [0.5, 0.6) is 5.75 Å². The van der Waals surface area contributed by atoms with Gasteiger partial charge in [-0.05, 0) is 18.2 Å². The SMILES string of the molecule is C=CCNC(=O)COc1ccc(S(=O)(=O)N(CC)CC)cc1Cl. The van der Waals surface area contributed by atoms with E-state index < -0.39 is 10.0 Å². The van der Waals surface area contributed by atoms with E-state index >= 15 is 0 Å². The smallest absolute Gasteiger partial charge is 0.258 e. The molecule has 8 heteroatoms. The van der Waals surface area contributed by atoms with Crippen LogP contribution in [0, 0.1) is 0 Å². The summed E-state index contributed by atoms with van der Waals surface area (Å²) in [6, 6.07) is 4.18. The number of hydrogen-bond acceptors (Lipinski definition) is 4. The molecule has 0 heterocycles. The van der Waals surface area contributed by atoms with E-state index in [0.29, 0.717) is 19.6 Å². The lowest BCUT2D eigenvalue weighted by Crippen LogP contribution is -2.30. The number of carbonyl (C=O) groups excluding carboxylic acids is 1. The van der Waals surface area contributed by atoms with Crippen molar-refractivity contribution in [2.45, 2.75) is 18.7 Å². The molecule has 0 spiro atoms. The summed E-state index contributed by atoms with van der Waals surface area (Å²) in [5.41, 5.74) is 0. The molecular formula is C15H21ClN2O4S. The lowest BCUT2D eigenvalue weighted by atomic mass is 10.3. The van der Waals surface area contributed by atoms with Gasteiger partial charge in [0.25, 0.3) is 5.91 Å². The Hall–Kier alpha value is -1.57. The molecule has 0 saturated carbocycles. The fraction of sp³-hybridized carbons (Fsp3) is 0.400. The zero-order valence-electron chi connectivity index (χ0n) is 13.2. The van der Waals surface area contributed by atoms with Gasteiger partial charge in [-0.2, -0.15) is 4.31 Å². The number of nitrogens with one attached hydrogen (secondary N) is 1. The Kier molecular flexibility index (Phi) is 7.54. The number of rotatable bonds is 9. The normalized spacial score (nSPS) is 11.3. The molecule has 6 nitrogen and oxygen atoms in total. The van der Waals surface area contributed by atoms with Crippen molar-refractivity contribution in [3.63, 3.8) is 0 Å². The zero-order valence-corrected chi connectivity index (χ0v) is 14.8. The van der Waals surface area contributed by atoms with Crippen LogP contribution >= 0.6 is 11.6 Å². The van der Waals surface area contributed by atoms with Crippen LogP contribution in [-0.2, 0) is 14.8 Å². The van der Waals surface area contributed by atoms with E-state index in [0.717, 1.165) is 0 Å². The van der Waals surface area contributed by atoms with Gasteiger partial charge in [0, 0.05) is 19.6 Å². The Labute approximate surface area is 142 Å². The van der Waals surface area contributed by atoms with Crippen LogP contribution in [0.2, 0.25) is 5.02 Å². The van der Waals surface area contributed by atoms with Gasteiger partial charge in [-0.15, -0.1) is 6.58 Å². The largest absolute Gasteiger partial charge is 0.482 e. The maximum atomic E-state index is 12.4. The number of benzene rings is 1. The first-order valence-corrected chi connectivity index (χ1v) is 8.98. The fourth-order valence-corrected chi connectivity index (χ4v) is 3.64.